The van der Waals surface area contributed by atoms with E-state index in [2.05, 4.69) is 0 Å². The molecule has 14 nitrogen and oxygen atoms in total. The molecule has 0 aromatic heterocycles. The maximum absolute atomic E-state index is 6.69. The van der Waals surface area contributed by atoms with Crippen molar-refractivity contribution in [2.75, 3.05) is 68.7 Å². The van der Waals surface area contributed by atoms with Crippen molar-refractivity contribution in [2.45, 2.75) is 87.1 Å². The molecule has 10 atom stereocenters. The molecule has 288 valence electrons. The van der Waals surface area contributed by atoms with Crippen molar-refractivity contribution in [2.24, 2.45) is 9.98 Å². The lowest BCUT2D eigenvalue weighted by atomic mass is 9.91. The second kappa shape index (κ2) is 22.5. The lowest BCUT2D eigenvalue weighted by Crippen LogP contribution is -2.61. The molecule has 0 amide bonds. The second-order valence-electron chi connectivity index (χ2n) is 12.7. The van der Waals surface area contributed by atoms with E-state index in [4.69, 9.17) is 66.8 Å². The molecule has 3 heterocycles. The Morgan fingerprint density at radius 2 is 0.808 bits per heavy atom. The Kier molecular flexibility index (Phi) is 17.5. The summed E-state index contributed by atoms with van der Waals surface area (Å²) in [5.74, 6) is 0. The minimum atomic E-state index is -0.564. The Labute approximate surface area is 306 Å². The third-order valence-electron chi connectivity index (χ3n) is 9.05. The van der Waals surface area contributed by atoms with Crippen molar-refractivity contribution in [3.63, 3.8) is 0 Å². The summed E-state index contributed by atoms with van der Waals surface area (Å²) < 4.78 is 72.9. The average Bonchev–Trinajstić information content (AvgIpc) is 3.17. The number of hydrogen-bond donors (Lipinski definition) is 0. The molecule has 0 unspecified atom stereocenters. The van der Waals surface area contributed by atoms with Crippen LogP contribution in [-0.4, -0.2) is 142 Å². The molecule has 0 spiro atoms. The van der Waals surface area contributed by atoms with Gasteiger partial charge in [-0.25, -0.2) is 0 Å². The zero-order valence-corrected chi connectivity index (χ0v) is 30.6. The summed E-state index contributed by atoms with van der Waals surface area (Å²) >= 11 is 0. The monoisotopic (exact) mass is 730 g/mol. The molecule has 0 N–H and O–H groups in total. The Bertz CT molecular complexity index is 1160. The van der Waals surface area contributed by atoms with Gasteiger partial charge in [-0.1, -0.05) is 60.7 Å². The Hall–Kier alpha value is -2.70. The Balaban J connectivity index is 1.43. The molecular weight excluding hydrogens is 676 g/mol. The first-order valence-electron chi connectivity index (χ1n) is 17.7. The fraction of sp³-hybridized carbons (Fsp3) is 0.632. The summed E-state index contributed by atoms with van der Waals surface area (Å²) in [5, 5.41) is 0. The number of ether oxygens (including phenoxy) is 12. The van der Waals surface area contributed by atoms with Gasteiger partial charge >= 0.3 is 0 Å². The maximum atomic E-state index is 6.69. The van der Waals surface area contributed by atoms with Crippen molar-refractivity contribution in [1.29, 1.82) is 0 Å². The molecule has 0 saturated carbocycles. The molecule has 0 aliphatic carbocycles. The van der Waals surface area contributed by atoms with Gasteiger partial charge in [-0.3, -0.25) is 9.98 Å². The summed E-state index contributed by atoms with van der Waals surface area (Å²) in [7, 11) is 6.31. The van der Waals surface area contributed by atoms with Crippen LogP contribution >= 0.6 is 0 Å². The number of nitrogens with zero attached hydrogens (tertiary/aromatic N) is 2. The van der Waals surface area contributed by atoms with E-state index in [0.29, 0.717) is 26.1 Å². The molecule has 0 radical (unpaired) electrons. The zero-order chi connectivity index (χ0) is 36.4. The van der Waals surface area contributed by atoms with Crippen LogP contribution in [0.25, 0.3) is 0 Å². The summed E-state index contributed by atoms with van der Waals surface area (Å²) in [6, 6.07) is 19.9. The van der Waals surface area contributed by atoms with E-state index >= 15 is 0 Å². The van der Waals surface area contributed by atoms with Gasteiger partial charge in [0.15, 0.2) is 0 Å². The average molecular weight is 731 g/mol. The second-order valence-corrected chi connectivity index (χ2v) is 12.7. The molecule has 5 rings (SSSR count). The Morgan fingerprint density at radius 3 is 1.15 bits per heavy atom. The van der Waals surface area contributed by atoms with Gasteiger partial charge < -0.3 is 56.8 Å². The molecule has 2 saturated heterocycles. The van der Waals surface area contributed by atoms with Gasteiger partial charge in [-0.2, -0.15) is 0 Å². The quantitative estimate of drug-likeness (QED) is 0.208. The summed E-state index contributed by atoms with van der Waals surface area (Å²) in [5.41, 5.74) is 2.04. The third-order valence-corrected chi connectivity index (χ3v) is 9.05. The molecule has 2 aromatic carbocycles. The van der Waals surface area contributed by atoms with Crippen LogP contribution in [0, 0.1) is 0 Å². The summed E-state index contributed by atoms with van der Waals surface area (Å²) in [4.78, 5) is 9.69. The predicted octanol–water partition coefficient (Wildman–Crippen LogP) is 3.58. The van der Waals surface area contributed by atoms with E-state index in [1.54, 1.807) is 28.4 Å². The number of hydrogen-bond acceptors (Lipinski definition) is 14. The van der Waals surface area contributed by atoms with Crippen molar-refractivity contribution >= 4 is 12.4 Å². The van der Waals surface area contributed by atoms with Crippen molar-refractivity contribution in [3.05, 3.63) is 71.8 Å². The van der Waals surface area contributed by atoms with E-state index in [1.807, 2.05) is 73.1 Å². The lowest BCUT2D eigenvalue weighted by Gasteiger charge is -2.46. The van der Waals surface area contributed by atoms with Gasteiger partial charge in [0.2, 0.25) is 0 Å². The third kappa shape index (κ3) is 11.6. The van der Waals surface area contributed by atoms with Crippen LogP contribution in [0.1, 0.15) is 24.0 Å². The molecular formula is C38H54N2O12. The first-order chi connectivity index (χ1) is 25.7. The molecule has 52 heavy (non-hydrogen) atoms. The highest BCUT2D eigenvalue weighted by Crippen LogP contribution is 2.33. The molecule has 3 aliphatic rings. The van der Waals surface area contributed by atoms with Gasteiger partial charge in [0, 0.05) is 53.7 Å². The molecule has 2 aromatic rings. The van der Waals surface area contributed by atoms with Crippen molar-refractivity contribution in [3.8, 4) is 0 Å². The van der Waals surface area contributed by atoms with Crippen LogP contribution in [0.2, 0.25) is 0 Å². The molecule has 3 aliphatic heterocycles. The minimum absolute atomic E-state index is 0.0368. The summed E-state index contributed by atoms with van der Waals surface area (Å²) in [6.45, 7) is 1.43. The van der Waals surface area contributed by atoms with Gasteiger partial charge in [-0.05, 0) is 11.1 Å². The van der Waals surface area contributed by atoms with Gasteiger partial charge in [0.05, 0.1) is 38.5 Å². The van der Waals surface area contributed by atoms with E-state index in [-0.39, 0.29) is 40.3 Å². The van der Waals surface area contributed by atoms with Gasteiger partial charge in [0.25, 0.3) is 0 Å². The standard InChI is InChI=1S/C38H54N2O12/c1-41-23-47-33-29-15-17-39-20-32-36(50-26-44-4)38(46-22-28-13-9-6-10-14-28)34(48-24-42-2)30(52-32)16-18-40-19-31(51-29)35(49-25-43-3)37(33)45-21-27-11-7-5-8-12-27/h5-14,17-18,29-38H,15-16,19-26H2,1-4H3/t29-,30-,31-,32-,33+,34+,35-,36-,37-,38-/m1/s1. The zero-order valence-electron chi connectivity index (χ0n) is 30.6. The first-order valence-corrected chi connectivity index (χ1v) is 17.7. The first kappa shape index (κ1) is 40.5. The lowest BCUT2D eigenvalue weighted by molar-refractivity contribution is -0.279. The SMILES string of the molecule is COCO[C@@H]1[C@@H](OCc2ccccc2)[C@H](OCOC)[C@H]2CN=CC[C@H]3O[C@H](CN=CC[C@H]1O2)[C@@H](OCOC)[C@H](OCc1ccccc1)[C@H]3OCOC. The fourth-order valence-corrected chi connectivity index (χ4v) is 6.67. The van der Waals surface area contributed by atoms with E-state index < -0.39 is 61.0 Å². The number of rotatable bonds is 18. The number of methoxy groups -OCH3 is 4. The highest BCUT2D eigenvalue weighted by Gasteiger charge is 2.50. The normalized spacial score (nSPS) is 30.9. The number of aliphatic imine (C=N–C) groups is 2. The van der Waals surface area contributed by atoms with Crippen LogP contribution in [0.3, 0.4) is 0 Å². The van der Waals surface area contributed by atoms with Crippen LogP contribution in [0.5, 0.6) is 0 Å². The largest absolute Gasteiger partial charge is 0.368 e. The van der Waals surface area contributed by atoms with Crippen LogP contribution in [0.4, 0.5) is 0 Å². The van der Waals surface area contributed by atoms with E-state index in [1.165, 1.54) is 0 Å². The predicted molar refractivity (Wildman–Crippen MR) is 190 cm³/mol. The molecule has 14 heteroatoms. The molecule has 2 fully saturated rings. The fourth-order valence-electron chi connectivity index (χ4n) is 6.67. The van der Waals surface area contributed by atoms with Gasteiger partial charge in [-0.15, -0.1) is 0 Å². The van der Waals surface area contributed by atoms with Crippen LogP contribution in [-0.2, 0) is 70.1 Å². The summed E-state index contributed by atoms with van der Waals surface area (Å²) in [6.07, 6.45) is -0.627. The van der Waals surface area contributed by atoms with Crippen LogP contribution in [0.15, 0.2) is 70.6 Å². The highest BCUT2D eigenvalue weighted by atomic mass is 16.7. The topological polar surface area (TPSA) is 135 Å². The van der Waals surface area contributed by atoms with E-state index in [0.717, 1.165) is 11.1 Å². The number of fused-ring (bicyclic) bond motifs is 4. The maximum Gasteiger partial charge on any atom is 0.146 e. The number of benzene rings is 2. The van der Waals surface area contributed by atoms with Crippen LogP contribution < -0.4 is 0 Å². The van der Waals surface area contributed by atoms with Crippen molar-refractivity contribution < 1.29 is 56.8 Å². The van der Waals surface area contributed by atoms with Gasteiger partial charge in [0.1, 0.15) is 76.0 Å². The smallest absolute Gasteiger partial charge is 0.146 e. The van der Waals surface area contributed by atoms with E-state index in [9.17, 15) is 0 Å². The molecule has 4 bridgehead atoms. The Morgan fingerprint density at radius 1 is 0.462 bits per heavy atom. The minimum Gasteiger partial charge on any atom is -0.368 e. The van der Waals surface area contributed by atoms with Crippen molar-refractivity contribution in [1.82, 2.24) is 0 Å². The highest BCUT2D eigenvalue weighted by molar-refractivity contribution is 5.59.